The number of aliphatic hydroxyl groups excluding tert-OH is 2. The first-order valence-corrected chi connectivity index (χ1v) is 14.2. The van der Waals surface area contributed by atoms with Crippen molar-refractivity contribution in [2.24, 2.45) is 0 Å². The van der Waals surface area contributed by atoms with Gasteiger partial charge in [0.1, 0.15) is 18.3 Å². The summed E-state index contributed by atoms with van der Waals surface area (Å²) in [5.41, 5.74) is 4.84. The Bertz CT molecular complexity index is 1040. The molecule has 0 saturated carbocycles. The number of ether oxygens (including phenoxy) is 1. The van der Waals surface area contributed by atoms with Crippen molar-refractivity contribution >= 4 is 24.9 Å². The second-order valence-corrected chi connectivity index (χ2v) is 10.2. The van der Waals surface area contributed by atoms with Crippen LogP contribution in [0.2, 0.25) is 0 Å². The monoisotopic (exact) mass is 548 g/mol. The van der Waals surface area contributed by atoms with Crippen LogP contribution in [0.4, 0.5) is 5.95 Å². The zero-order valence-electron chi connectivity index (χ0n) is 21.7. The number of fused-ring (bicyclic) bond motifs is 1. The predicted octanol–water partition coefficient (Wildman–Crippen LogP) is 1.12. The zero-order valence-corrected chi connectivity index (χ0v) is 22.6. The summed E-state index contributed by atoms with van der Waals surface area (Å²) in [6.45, 7) is 10.1. The second kappa shape index (κ2) is 14.9. The molecule has 14 nitrogen and oxygen atoms in total. The molecule has 1 fully saturated rings. The summed E-state index contributed by atoms with van der Waals surface area (Å²) in [5, 5.41) is 20.1. The lowest BCUT2D eigenvalue weighted by Crippen LogP contribution is -2.33. The van der Waals surface area contributed by atoms with E-state index in [4.69, 9.17) is 20.3 Å². The van der Waals surface area contributed by atoms with Gasteiger partial charge in [-0.2, -0.15) is 4.98 Å². The highest BCUT2D eigenvalue weighted by Gasteiger charge is 2.45. The van der Waals surface area contributed by atoms with E-state index >= 15 is 0 Å². The number of rotatable bonds is 13. The molecule has 15 heteroatoms. The van der Waals surface area contributed by atoms with Crippen LogP contribution in [0.25, 0.3) is 11.2 Å². The number of anilines is 1. The van der Waals surface area contributed by atoms with E-state index in [9.17, 15) is 19.6 Å². The number of hydrogen-bond acceptors (Lipinski definition) is 10. The van der Waals surface area contributed by atoms with Crippen molar-refractivity contribution in [1.82, 2.24) is 24.4 Å². The molecular formula is C22H41N6O8P. The number of aromatic amines is 1. The Morgan fingerprint density at radius 3 is 2.19 bits per heavy atom. The van der Waals surface area contributed by atoms with Gasteiger partial charge in [0.05, 0.1) is 12.9 Å². The van der Waals surface area contributed by atoms with Crippen LogP contribution < -0.4 is 11.3 Å². The molecule has 0 aromatic carbocycles. The first-order chi connectivity index (χ1) is 17.5. The van der Waals surface area contributed by atoms with Gasteiger partial charge in [-0.1, -0.05) is 40.0 Å². The van der Waals surface area contributed by atoms with Crippen molar-refractivity contribution in [2.45, 2.75) is 83.8 Å². The van der Waals surface area contributed by atoms with Crippen LogP contribution in [0.1, 0.15) is 65.5 Å². The zero-order chi connectivity index (χ0) is 27.6. The fourth-order valence-electron chi connectivity index (χ4n) is 3.88. The summed E-state index contributed by atoms with van der Waals surface area (Å²) < 4.78 is 21.6. The van der Waals surface area contributed by atoms with Gasteiger partial charge in [-0.05, 0) is 38.9 Å². The molecule has 37 heavy (non-hydrogen) atoms. The largest absolute Gasteiger partial charge is 0.469 e. The highest BCUT2D eigenvalue weighted by Crippen LogP contribution is 2.38. The number of nitrogen functional groups attached to an aromatic ring is 1. The number of phosphoric ester groups is 1. The molecule has 2 aromatic heterocycles. The number of imidazole rings is 1. The van der Waals surface area contributed by atoms with Gasteiger partial charge in [-0.25, -0.2) is 9.55 Å². The SMILES string of the molecule is CCCCN(CCCC)CCCC.Nc1nc2c(ncn2[C@@H]2O[C@H](COP(=O)(O)O)[C@@H](O)[C@H]2O)c(=O)[nH]1. The Morgan fingerprint density at radius 1 is 1.11 bits per heavy atom. The number of unbranched alkanes of at least 4 members (excludes halogenated alkanes) is 3. The molecule has 0 amide bonds. The number of nitrogens with zero attached hydrogens (tertiary/aromatic N) is 4. The van der Waals surface area contributed by atoms with Crippen LogP contribution in [0, 0.1) is 0 Å². The molecule has 4 atom stereocenters. The molecule has 0 aliphatic carbocycles. The van der Waals surface area contributed by atoms with Crippen molar-refractivity contribution < 1.29 is 33.8 Å². The third-order valence-corrected chi connectivity index (χ3v) is 6.44. The molecule has 0 bridgehead atoms. The van der Waals surface area contributed by atoms with Crippen LogP contribution in [-0.4, -0.2) is 89.0 Å². The lowest BCUT2D eigenvalue weighted by atomic mass is 10.1. The third kappa shape index (κ3) is 9.41. The fourth-order valence-corrected chi connectivity index (χ4v) is 4.22. The van der Waals surface area contributed by atoms with E-state index in [2.05, 4.69) is 45.1 Å². The number of nitrogens with two attached hydrogens (primary N) is 1. The molecule has 0 unspecified atom stereocenters. The minimum absolute atomic E-state index is 0.0176. The molecule has 7 N–H and O–H groups in total. The van der Waals surface area contributed by atoms with Crippen molar-refractivity contribution in [3.8, 4) is 0 Å². The lowest BCUT2D eigenvalue weighted by Gasteiger charge is -2.21. The standard InChI is InChI=1S/C12H27N.C10H14N5O8P/c1-4-7-10-13(11-8-5-2)12-9-6-3;11-10-13-7-4(8(18)14-10)12-2-15(7)9-6(17)5(16)3(23-9)1-22-24(19,20)21/h4-12H2,1-3H3;2-3,5-6,9,16-17H,1H2,(H2,19,20,21)(H3,11,13,14,18)/t;3-,5-,6-,9-/m.1/s1. The number of nitrogens with one attached hydrogen (secondary N) is 1. The minimum atomic E-state index is -4.76. The first-order valence-electron chi connectivity index (χ1n) is 12.7. The van der Waals surface area contributed by atoms with Crippen molar-refractivity contribution in [3.63, 3.8) is 0 Å². The Labute approximate surface area is 216 Å². The van der Waals surface area contributed by atoms with Gasteiger partial charge in [0.2, 0.25) is 5.95 Å². The number of aliphatic hydroxyl groups is 2. The molecule has 3 heterocycles. The van der Waals surface area contributed by atoms with Crippen LogP contribution in [-0.2, 0) is 13.8 Å². The maximum absolute atomic E-state index is 11.7. The fraction of sp³-hybridized carbons (Fsp3) is 0.773. The van der Waals surface area contributed by atoms with E-state index in [1.54, 1.807) is 0 Å². The number of phosphoric acid groups is 1. The molecule has 0 radical (unpaired) electrons. The number of hydrogen-bond donors (Lipinski definition) is 6. The summed E-state index contributed by atoms with van der Waals surface area (Å²) >= 11 is 0. The summed E-state index contributed by atoms with van der Waals surface area (Å²) in [6, 6.07) is 0. The van der Waals surface area contributed by atoms with Gasteiger partial charge in [-0.3, -0.25) is 18.9 Å². The average Bonchev–Trinajstić information content (AvgIpc) is 3.38. The maximum atomic E-state index is 11.7. The van der Waals surface area contributed by atoms with Crippen molar-refractivity contribution in [2.75, 3.05) is 32.0 Å². The van der Waals surface area contributed by atoms with Crippen LogP contribution >= 0.6 is 7.82 Å². The Kier molecular flexibility index (Phi) is 12.6. The molecule has 0 spiro atoms. The number of aromatic nitrogens is 4. The van der Waals surface area contributed by atoms with E-state index in [0.29, 0.717) is 0 Å². The normalized spacial score (nSPS) is 21.9. The molecule has 212 valence electrons. The van der Waals surface area contributed by atoms with Crippen LogP contribution in [0.3, 0.4) is 0 Å². The van der Waals surface area contributed by atoms with Gasteiger partial charge < -0.3 is 35.4 Å². The van der Waals surface area contributed by atoms with Gasteiger partial charge in [0, 0.05) is 0 Å². The lowest BCUT2D eigenvalue weighted by molar-refractivity contribution is -0.0503. The van der Waals surface area contributed by atoms with Crippen molar-refractivity contribution in [1.29, 1.82) is 0 Å². The average molecular weight is 549 g/mol. The summed E-state index contributed by atoms with van der Waals surface area (Å²) in [6.07, 6.45) is 3.87. The van der Waals surface area contributed by atoms with Gasteiger partial charge in [-0.15, -0.1) is 0 Å². The quantitative estimate of drug-likeness (QED) is 0.195. The van der Waals surface area contributed by atoms with Crippen LogP contribution in [0.5, 0.6) is 0 Å². The predicted molar refractivity (Wildman–Crippen MR) is 138 cm³/mol. The second-order valence-electron chi connectivity index (χ2n) is 9.01. The van der Waals surface area contributed by atoms with Gasteiger partial charge in [0.15, 0.2) is 17.4 Å². The first kappa shape index (κ1) is 31.3. The van der Waals surface area contributed by atoms with E-state index in [1.165, 1.54) is 69.1 Å². The summed E-state index contributed by atoms with van der Waals surface area (Å²) in [4.78, 5) is 41.8. The van der Waals surface area contributed by atoms with E-state index in [0.717, 1.165) is 0 Å². The Morgan fingerprint density at radius 2 is 1.68 bits per heavy atom. The maximum Gasteiger partial charge on any atom is 0.469 e. The van der Waals surface area contributed by atoms with E-state index < -0.39 is 44.5 Å². The molecule has 1 aliphatic heterocycles. The smallest absolute Gasteiger partial charge is 0.387 e. The highest BCUT2D eigenvalue weighted by atomic mass is 31.2. The summed E-state index contributed by atoms with van der Waals surface area (Å²) in [5.74, 6) is -0.177. The van der Waals surface area contributed by atoms with Gasteiger partial charge in [0.25, 0.3) is 5.56 Å². The topological polar surface area (TPSA) is 209 Å². The molecule has 2 aromatic rings. The molecular weight excluding hydrogens is 507 g/mol. The van der Waals surface area contributed by atoms with Crippen molar-refractivity contribution in [3.05, 3.63) is 16.7 Å². The Hall–Kier alpha value is -1.90. The van der Waals surface area contributed by atoms with E-state index in [1.807, 2.05) is 0 Å². The van der Waals surface area contributed by atoms with Gasteiger partial charge >= 0.3 is 7.82 Å². The minimum Gasteiger partial charge on any atom is -0.387 e. The third-order valence-electron chi connectivity index (χ3n) is 5.95. The van der Waals surface area contributed by atoms with Crippen LogP contribution in [0.15, 0.2) is 11.1 Å². The van der Waals surface area contributed by atoms with E-state index in [-0.39, 0.29) is 17.1 Å². The highest BCUT2D eigenvalue weighted by molar-refractivity contribution is 7.46. The number of H-pyrrole nitrogens is 1. The molecule has 3 rings (SSSR count). The Balaban J connectivity index is 0.000000317. The summed E-state index contributed by atoms with van der Waals surface area (Å²) in [7, 11) is -4.76. The molecule has 1 aliphatic rings. The molecule has 1 saturated heterocycles.